The van der Waals surface area contributed by atoms with Crippen LogP contribution >= 0.6 is 11.6 Å². The molecule has 42 heavy (non-hydrogen) atoms. The van der Waals surface area contributed by atoms with E-state index in [1.165, 1.54) is 6.42 Å². The van der Waals surface area contributed by atoms with Crippen LogP contribution < -0.4 is 14.5 Å². The van der Waals surface area contributed by atoms with E-state index in [0.29, 0.717) is 23.1 Å². The van der Waals surface area contributed by atoms with Gasteiger partial charge in [0.2, 0.25) is 0 Å². The van der Waals surface area contributed by atoms with Crippen molar-refractivity contribution in [2.45, 2.75) is 84.5 Å². The number of pyridine rings is 1. The Balaban J connectivity index is 1.57. The van der Waals surface area contributed by atoms with E-state index in [-0.39, 0.29) is 18.6 Å². The molecule has 2 aliphatic rings. The predicted molar refractivity (Wildman–Crippen MR) is 166 cm³/mol. The number of hydrogen-bond donors (Lipinski definition) is 0. The van der Waals surface area contributed by atoms with Crippen molar-refractivity contribution in [1.82, 2.24) is 9.88 Å². The average molecular weight is 591 g/mol. The van der Waals surface area contributed by atoms with Crippen molar-refractivity contribution in [3.05, 3.63) is 76.4 Å². The molecular weight excluding hydrogens is 552 g/mol. The first kappa shape index (κ1) is 29.7. The second-order valence-electron chi connectivity index (χ2n) is 12.0. The van der Waals surface area contributed by atoms with Gasteiger partial charge in [0.25, 0.3) is 0 Å². The molecule has 0 bridgehead atoms. The number of hydrogen-bond acceptors (Lipinski definition) is 5. The number of aryl methyl sites for hydroxylation is 1. The highest BCUT2D eigenvalue weighted by Gasteiger charge is 2.37. The van der Waals surface area contributed by atoms with Crippen molar-refractivity contribution in [3.8, 4) is 5.75 Å². The van der Waals surface area contributed by atoms with E-state index < -0.39 is 11.7 Å². The summed E-state index contributed by atoms with van der Waals surface area (Å²) in [5, 5.41) is 0.600. The number of methoxy groups -OCH3 is 1. The van der Waals surface area contributed by atoms with Crippen molar-refractivity contribution in [1.29, 1.82) is 0 Å². The smallest absolute Gasteiger partial charge is 0.416 e. The molecule has 3 aromatic rings. The molecule has 1 aromatic heterocycles. The lowest BCUT2D eigenvalue weighted by Gasteiger charge is -2.42. The highest BCUT2D eigenvalue weighted by atomic mass is 35.5. The Morgan fingerprint density at radius 1 is 1.05 bits per heavy atom. The second-order valence-corrected chi connectivity index (χ2v) is 12.4. The molecule has 1 aliphatic carbocycles. The molecule has 1 fully saturated rings. The molecule has 0 radical (unpaired) electrons. The fraction of sp³-hybridized carbons (Fsp3) is 0.424. The first-order chi connectivity index (χ1) is 20.0. The van der Waals surface area contributed by atoms with Crippen LogP contribution in [0.25, 0.3) is 0 Å². The summed E-state index contributed by atoms with van der Waals surface area (Å²) in [6, 6.07) is 16.8. The zero-order valence-electron chi connectivity index (χ0n) is 25.0. The van der Waals surface area contributed by atoms with Crippen molar-refractivity contribution in [2.24, 2.45) is 0 Å². The molecule has 9 heteroatoms. The van der Waals surface area contributed by atoms with Crippen molar-refractivity contribution < 1.29 is 19.1 Å². The van der Waals surface area contributed by atoms with E-state index >= 15 is 0 Å². The maximum Gasteiger partial charge on any atom is 0.416 e. The van der Waals surface area contributed by atoms with E-state index in [1.807, 2.05) is 69.0 Å². The number of halogens is 1. The summed E-state index contributed by atoms with van der Waals surface area (Å²) >= 11 is 6.18. The lowest BCUT2D eigenvalue weighted by molar-refractivity contribution is 0.0576. The SMILES string of the molecule is COc1ccc(CN(C(=O)OC(C)(C)C)c2ccc3c(n2)CN(C2CCCCC2)C(=O)N3c2ccc(Cl)cc2)c(C)c1. The van der Waals surface area contributed by atoms with E-state index in [0.717, 1.165) is 53.9 Å². The normalized spacial score (nSPS) is 15.8. The summed E-state index contributed by atoms with van der Waals surface area (Å²) in [7, 11) is 1.63. The number of urea groups is 1. The molecule has 1 aliphatic heterocycles. The lowest BCUT2D eigenvalue weighted by atomic mass is 9.93. The summed E-state index contributed by atoms with van der Waals surface area (Å²) in [5.41, 5.74) is 3.40. The van der Waals surface area contributed by atoms with Crippen LogP contribution in [0.3, 0.4) is 0 Å². The monoisotopic (exact) mass is 590 g/mol. The molecule has 1 saturated carbocycles. The number of nitrogens with zero attached hydrogens (tertiary/aromatic N) is 4. The minimum absolute atomic E-state index is 0.0656. The number of amides is 3. The Bertz CT molecular complexity index is 1450. The van der Waals surface area contributed by atoms with Crippen LogP contribution in [0.5, 0.6) is 5.75 Å². The standard InChI is InChI=1S/C33H39ClN4O4/c1-22-19-27(41-5)16-11-23(22)20-37(32(40)42-33(2,3)4)30-18-17-29-28(35-30)21-36(25-9-7-6-8-10-25)31(39)38(29)26-14-12-24(34)13-15-26/h11-19,25H,6-10,20-21H2,1-5H3. The Hall–Kier alpha value is -3.78. The van der Waals surface area contributed by atoms with Gasteiger partial charge in [0.05, 0.1) is 37.3 Å². The van der Waals surface area contributed by atoms with Crippen LogP contribution in [0.1, 0.15) is 69.7 Å². The maximum absolute atomic E-state index is 14.0. The molecule has 0 unspecified atom stereocenters. The Kier molecular flexibility index (Phi) is 8.64. The largest absolute Gasteiger partial charge is 0.497 e. The third-order valence-corrected chi connectivity index (χ3v) is 8.05. The van der Waals surface area contributed by atoms with Gasteiger partial charge in [0, 0.05) is 11.1 Å². The molecule has 2 heterocycles. The topological polar surface area (TPSA) is 75.2 Å². The van der Waals surface area contributed by atoms with Gasteiger partial charge in [-0.05, 0) is 100 Å². The van der Waals surface area contributed by atoms with E-state index in [2.05, 4.69) is 0 Å². The van der Waals surface area contributed by atoms with Gasteiger partial charge in [-0.25, -0.2) is 14.6 Å². The van der Waals surface area contributed by atoms with Gasteiger partial charge in [-0.1, -0.05) is 36.9 Å². The average Bonchev–Trinajstić information content (AvgIpc) is 2.96. The van der Waals surface area contributed by atoms with Crippen LogP contribution in [0.15, 0.2) is 54.6 Å². The summed E-state index contributed by atoms with van der Waals surface area (Å²) in [6.45, 7) is 8.17. The number of carbonyl (C=O) groups excluding carboxylic acids is 2. The molecule has 3 amide bonds. The van der Waals surface area contributed by atoms with E-state index in [9.17, 15) is 9.59 Å². The van der Waals surface area contributed by atoms with Gasteiger partial charge in [-0.15, -0.1) is 0 Å². The molecule has 0 atom stereocenters. The number of fused-ring (bicyclic) bond motifs is 1. The van der Waals surface area contributed by atoms with Crippen LogP contribution in [-0.2, 0) is 17.8 Å². The predicted octanol–water partition coefficient (Wildman–Crippen LogP) is 8.40. The zero-order valence-corrected chi connectivity index (χ0v) is 25.8. The van der Waals surface area contributed by atoms with E-state index in [4.69, 9.17) is 26.1 Å². The first-order valence-electron chi connectivity index (χ1n) is 14.5. The summed E-state index contributed by atoms with van der Waals surface area (Å²) in [4.78, 5) is 37.8. The van der Waals surface area contributed by atoms with Crippen LogP contribution in [-0.4, -0.2) is 40.8 Å². The Morgan fingerprint density at radius 3 is 2.40 bits per heavy atom. The molecule has 5 rings (SSSR count). The van der Waals surface area contributed by atoms with Crippen molar-refractivity contribution >= 4 is 40.9 Å². The minimum atomic E-state index is -0.686. The van der Waals surface area contributed by atoms with Gasteiger partial charge in [-0.3, -0.25) is 9.80 Å². The van der Waals surface area contributed by atoms with Gasteiger partial charge in [-0.2, -0.15) is 0 Å². The number of anilines is 3. The number of ether oxygens (including phenoxy) is 2. The fourth-order valence-electron chi connectivity index (χ4n) is 5.63. The van der Waals surface area contributed by atoms with Crippen molar-refractivity contribution in [3.63, 3.8) is 0 Å². The minimum Gasteiger partial charge on any atom is -0.497 e. The van der Waals surface area contributed by atoms with Gasteiger partial charge >= 0.3 is 12.1 Å². The molecule has 2 aromatic carbocycles. The van der Waals surface area contributed by atoms with Gasteiger partial charge in [0.15, 0.2) is 0 Å². The molecule has 0 N–H and O–H groups in total. The van der Waals surface area contributed by atoms with Crippen molar-refractivity contribution in [2.75, 3.05) is 16.9 Å². The lowest BCUT2D eigenvalue weighted by Crippen LogP contribution is -2.50. The number of rotatable bonds is 6. The summed E-state index contributed by atoms with van der Waals surface area (Å²) in [6.07, 6.45) is 4.84. The molecular formula is C33H39ClN4O4. The van der Waals surface area contributed by atoms with E-state index in [1.54, 1.807) is 35.1 Å². The van der Waals surface area contributed by atoms with Crippen LogP contribution in [0.2, 0.25) is 5.02 Å². The fourth-order valence-corrected chi connectivity index (χ4v) is 5.76. The summed E-state index contributed by atoms with van der Waals surface area (Å²) < 4.78 is 11.2. The second kappa shape index (κ2) is 12.2. The molecule has 0 spiro atoms. The Morgan fingerprint density at radius 2 is 1.76 bits per heavy atom. The third-order valence-electron chi connectivity index (χ3n) is 7.80. The highest BCUT2D eigenvalue weighted by Crippen LogP contribution is 2.39. The third kappa shape index (κ3) is 6.49. The zero-order chi connectivity index (χ0) is 30.0. The quantitative estimate of drug-likeness (QED) is 0.288. The number of aromatic nitrogens is 1. The first-order valence-corrected chi connectivity index (χ1v) is 14.9. The maximum atomic E-state index is 14.0. The van der Waals surface area contributed by atoms with Crippen LogP contribution in [0, 0.1) is 6.92 Å². The summed E-state index contributed by atoms with van der Waals surface area (Å²) in [5.74, 6) is 1.22. The van der Waals surface area contributed by atoms with Gasteiger partial charge in [0.1, 0.15) is 17.2 Å². The molecule has 222 valence electrons. The highest BCUT2D eigenvalue weighted by molar-refractivity contribution is 6.30. The van der Waals surface area contributed by atoms with Gasteiger partial charge < -0.3 is 14.4 Å². The van der Waals surface area contributed by atoms with Crippen LogP contribution in [0.4, 0.5) is 26.8 Å². The molecule has 0 saturated heterocycles. The number of benzene rings is 2. The Labute approximate surface area is 253 Å². The molecule has 8 nitrogen and oxygen atoms in total. The number of carbonyl (C=O) groups is 2.